The smallest absolute Gasteiger partial charge is 0.407 e. The van der Waals surface area contributed by atoms with Gasteiger partial charge in [-0.2, -0.15) is 27.1 Å². The van der Waals surface area contributed by atoms with E-state index in [0.29, 0.717) is 48.7 Å². The maximum absolute atomic E-state index is 16.0. The number of methoxy groups -OCH3 is 1. The Morgan fingerprint density at radius 2 is 1.50 bits per heavy atom. The van der Waals surface area contributed by atoms with Gasteiger partial charge in [0.05, 0.1) is 49.6 Å². The van der Waals surface area contributed by atoms with Crippen LogP contribution < -0.4 is 26.3 Å². The maximum Gasteiger partial charge on any atom is 0.407 e. The van der Waals surface area contributed by atoms with E-state index in [0.717, 1.165) is 75.1 Å². The summed E-state index contributed by atoms with van der Waals surface area (Å²) in [4.78, 5) is 61.6. The Balaban J connectivity index is 1.15. The summed E-state index contributed by atoms with van der Waals surface area (Å²) in [6.45, 7) is 4.31. The van der Waals surface area contributed by atoms with Crippen LogP contribution in [0.15, 0.2) is 67.0 Å². The number of aromatic nitrogens is 3. The van der Waals surface area contributed by atoms with Crippen molar-refractivity contribution in [2.45, 2.75) is 109 Å². The van der Waals surface area contributed by atoms with Crippen LogP contribution in [0.1, 0.15) is 69.8 Å². The lowest BCUT2D eigenvalue weighted by Gasteiger charge is -2.60. The third kappa shape index (κ3) is 13.3. The molecule has 6 N–H and O–H groups in total. The summed E-state index contributed by atoms with van der Waals surface area (Å²) in [5, 5.41) is 32.5. The number of hydrazine groups is 1. The number of benzene rings is 2. The molecule has 4 amide bonds. The zero-order valence-electron chi connectivity index (χ0n) is 42.3. The molecule has 410 valence electrons. The number of pyridine rings is 1. The first-order valence-electron chi connectivity index (χ1n) is 24.2. The number of ether oxygens (including phenoxy) is 2. The number of rotatable bonds is 18. The second-order valence-corrected chi connectivity index (χ2v) is 20.6. The quantitative estimate of drug-likeness (QED) is 0.0408. The Kier molecular flexibility index (Phi) is 17.2. The highest BCUT2D eigenvalue weighted by Crippen LogP contribution is 2.41. The highest BCUT2D eigenvalue weighted by atomic mass is 19.4. The molecule has 0 aliphatic carbocycles. The van der Waals surface area contributed by atoms with E-state index in [-0.39, 0.29) is 22.4 Å². The van der Waals surface area contributed by atoms with Gasteiger partial charge in [0, 0.05) is 72.9 Å². The molecule has 4 saturated heterocycles. The molecule has 8 rings (SSSR count). The third-order valence-electron chi connectivity index (χ3n) is 13.7. The largest absolute Gasteiger partial charge is 0.465 e. The van der Waals surface area contributed by atoms with Crippen molar-refractivity contribution < 1.29 is 69.6 Å². The number of nitrogens with one attached hydrogen (secondary N) is 4. The van der Waals surface area contributed by atoms with Crippen molar-refractivity contribution in [3.05, 3.63) is 101 Å². The Bertz CT molecular complexity index is 2760. The van der Waals surface area contributed by atoms with Gasteiger partial charge in [-0.25, -0.2) is 33.0 Å². The molecule has 6 unspecified atom stereocenters. The highest BCUT2D eigenvalue weighted by molar-refractivity contribution is 5.87. The lowest BCUT2D eigenvalue weighted by molar-refractivity contribution is -0.220. The number of piperidine rings is 1. The van der Waals surface area contributed by atoms with Crippen molar-refractivity contribution >= 4 is 29.8 Å². The molecule has 76 heavy (non-hydrogen) atoms. The van der Waals surface area contributed by atoms with E-state index in [1.165, 1.54) is 20.8 Å². The molecule has 0 radical (unpaired) electrons. The monoisotopic (exact) mass is 1070 g/mol. The van der Waals surface area contributed by atoms with E-state index in [4.69, 9.17) is 4.74 Å². The van der Waals surface area contributed by atoms with Gasteiger partial charge in [0.2, 0.25) is 5.91 Å². The van der Waals surface area contributed by atoms with Crippen molar-refractivity contribution in [3.63, 3.8) is 0 Å². The van der Waals surface area contributed by atoms with Crippen LogP contribution in [0.25, 0.3) is 11.3 Å². The average molecular weight is 1070 g/mol. The van der Waals surface area contributed by atoms with Crippen molar-refractivity contribution in [2.24, 2.45) is 10.8 Å². The number of alkyl halides is 5. The van der Waals surface area contributed by atoms with Crippen LogP contribution in [0, 0.1) is 34.3 Å². The SMILES string of the molecule is COC(=O)NC(C(=O)NC(Cc1ccc(C#Cc2ccc(N3CC4CC(C3)N4C3COC3)nc2)cc1)C(O)CN(Cc1c(F)cc(-c2ccn(C(F)F)n2)cc1F)NC(=O)C(NC(=O)O)C(C)(C)C)C(C)(C)C(F)(F)F. The van der Waals surface area contributed by atoms with E-state index in [9.17, 15) is 51.3 Å². The molecule has 18 nitrogen and oxygen atoms in total. The third-order valence-corrected chi connectivity index (χ3v) is 13.7. The van der Waals surface area contributed by atoms with Crippen molar-refractivity contribution in [1.29, 1.82) is 0 Å². The number of carbonyl (C=O) groups is 4. The summed E-state index contributed by atoms with van der Waals surface area (Å²) in [6, 6.07) is 8.74. The van der Waals surface area contributed by atoms with Crippen LogP contribution >= 0.6 is 0 Å². The molecule has 0 saturated carbocycles. The fraction of sp³-hybridized carbons (Fsp3) is 0.490. The Labute approximate surface area is 433 Å². The lowest BCUT2D eigenvalue weighted by Crippen LogP contribution is -2.74. The van der Waals surface area contributed by atoms with E-state index in [1.807, 2.05) is 17.4 Å². The van der Waals surface area contributed by atoms with Gasteiger partial charge in [-0.3, -0.25) is 19.9 Å². The van der Waals surface area contributed by atoms with E-state index < -0.39 is 102 Å². The zero-order chi connectivity index (χ0) is 55.4. The zero-order valence-corrected chi connectivity index (χ0v) is 42.3. The Morgan fingerprint density at radius 1 is 0.868 bits per heavy atom. The molecule has 4 fully saturated rings. The number of fused-ring (bicyclic) bond motifs is 2. The predicted molar refractivity (Wildman–Crippen MR) is 260 cm³/mol. The number of piperazine rings is 1. The van der Waals surface area contributed by atoms with Crippen LogP contribution in [0.4, 0.5) is 46.1 Å². The number of anilines is 1. The standard InChI is InChI=1S/C51H59F7N10O8/c1-49(2,3)42(61-47(72)73)45(71)64-66(24-35-36(52)18-31(19-37(35)53)38-15-16-67(63-38)46(54)55)25-40(69)39(60-44(70)43(62-48(74)75-6)50(4,5)51(56,57)58)17-29-10-7-28(8-11-29)9-12-30-13-14-41(59-21-30)65-22-32-20-33(23-65)68(32)34-26-76-27-34/h7-8,10-11,13-16,18-19,21,32-34,39-40,42-43,46,61,69H,17,20,22-27H2,1-6H3,(H,60,70)(H,62,74)(H,64,71)(H,72,73). The van der Waals surface area contributed by atoms with Crippen LogP contribution in [0.3, 0.4) is 0 Å². The molecule has 4 aliphatic heterocycles. The molecule has 6 atom stereocenters. The number of aliphatic hydroxyl groups is 1. The molecule has 4 aliphatic rings. The number of carbonyl (C=O) groups excluding carboxylic acids is 3. The highest BCUT2D eigenvalue weighted by Gasteiger charge is 2.56. The van der Waals surface area contributed by atoms with Crippen molar-refractivity contribution in [3.8, 4) is 23.1 Å². The number of halogens is 7. The first-order chi connectivity index (χ1) is 35.7. The van der Waals surface area contributed by atoms with Gasteiger partial charge in [0.15, 0.2) is 0 Å². The summed E-state index contributed by atoms with van der Waals surface area (Å²) < 4.78 is 112. The maximum atomic E-state index is 16.0. The predicted octanol–water partition coefficient (Wildman–Crippen LogP) is 5.60. The summed E-state index contributed by atoms with van der Waals surface area (Å²) in [7, 11) is 0.870. The van der Waals surface area contributed by atoms with Gasteiger partial charge >= 0.3 is 24.9 Å². The van der Waals surface area contributed by atoms with E-state index in [1.54, 1.807) is 30.5 Å². The number of hydrogen-bond acceptors (Lipinski definition) is 12. The van der Waals surface area contributed by atoms with Crippen LogP contribution in [-0.4, -0.2) is 147 Å². The number of aliphatic hydroxyl groups excluding tert-OH is 1. The molecule has 4 aromatic rings. The minimum atomic E-state index is -5.10. The van der Waals surface area contributed by atoms with Crippen LogP contribution in [0.5, 0.6) is 0 Å². The molecular weight excluding hydrogens is 1010 g/mol. The molecule has 2 bridgehead atoms. The summed E-state index contributed by atoms with van der Waals surface area (Å²) in [5.74, 6) is 1.93. The summed E-state index contributed by atoms with van der Waals surface area (Å²) >= 11 is 0. The fourth-order valence-corrected chi connectivity index (χ4v) is 9.27. The van der Waals surface area contributed by atoms with E-state index >= 15 is 8.78 Å². The average Bonchev–Trinajstić information content (AvgIpc) is 3.85. The molecule has 0 spiro atoms. The fourth-order valence-electron chi connectivity index (χ4n) is 9.27. The van der Waals surface area contributed by atoms with E-state index in [2.05, 4.69) is 52.5 Å². The van der Waals surface area contributed by atoms with Crippen LogP contribution in [0.2, 0.25) is 0 Å². The number of hydrogen-bond donors (Lipinski definition) is 6. The van der Waals surface area contributed by atoms with Gasteiger partial charge in [-0.15, -0.1) is 0 Å². The molecule has 2 aromatic carbocycles. The molecule has 6 heterocycles. The Hall–Kier alpha value is -7.01. The topological polar surface area (TPSA) is 216 Å². The number of nitrogens with zero attached hydrogens (tertiary/aromatic N) is 6. The van der Waals surface area contributed by atoms with Gasteiger partial charge < -0.3 is 40.5 Å². The van der Waals surface area contributed by atoms with Crippen LogP contribution in [-0.2, 0) is 32.0 Å². The minimum absolute atomic E-state index is 0.218. The summed E-state index contributed by atoms with van der Waals surface area (Å²) in [5.41, 5.74) is -1.37. The first kappa shape index (κ1) is 56.7. The van der Waals surface area contributed by atoms with Gasteiger partial charge in [-0.1, -0.05) is 44.7 Å². The van der Waals surface area contributed by atoms with Gasteiger partial charge in [-0.05, 0) is 80.1 Å². The number of amides is 4. The normalized spacial score (nSPS) is 18.6. The van der Waals surface area contributed by atoms with Gasteiger partial charge in [0.1, 0.15) is 29.5 Å². The summed E-state index contributed by atoms with van der Waals surface area (Å²) in [6.07, 6.45) is -6.66. The molecular formula is C51H59F7N10O8. The second-order valence-electron chi connectivity index (χ2n) is 20.6. The number of carboxylic acid groups (broad SMARTS) is 1. The lowest BCUT2D eigenvalue weighted by atomic mass is 9.82. The molecule has 2 aromatic heterocycles. The van der Waals surface area contributed by atoms with Crippen molar-refractivity contribution in [1.82, 2.24) is 46.0 Å². The minimum Gasteiger partial charge on any atom is -0.465 e. The first-order valence-corrected chi connectivity index (χ1v) is 24.2. The molecule has 25 heteroatoms. The number of alkyl carbamates (subject to hydrolysis) is 1. The Morgan fingerprint density at radius 3 is 2.03 bits per heavy atom. The van der Waals surface area contributed by atoms with Gasteiger partial charge in [0.25, 0.3) is 5.91 Å². The van der Waals surface area contributed by atoms with Crippen molar-refractivity contribution in [2.75, 3.05) is 44.9 Å². The second kappa shape index (κ2) is 23.1.